The Morgan fingerprint density at radius 2 is 1.94 bits per heavy atom. The first-order valence-electron chi connectivity index (χ1n) is 10.1. The van der Waals surface area contributed by atoms with Gasteiger partial charge in [-0.1, -0.05) is 18.2 Å². The highest BCUT2D eigenvalue weighted by Gasteiger charge is 2.37. The molecule has 3 aromatic rings. The Balaban J connectivity index is 1.54. The summed E-state index contributed by atoms with van der Waals surface area (Å²) in [6.45, 7) is 4.86. The van der Waals surface area contributed by atoms with Crippen LogP contribution in [0, 0.1) is 5.82 Å². The lowest BCUT2D eigenvalue weighted by Crippen LogP contribution is -2.49. The minimum Gasteiger partial charge on any atom is -0.368 e. The maximum Gasteiger partial charge on any atom is 0.232 e. The molecule has 4 rings (SSSR count). The Bertz CT molecular complexity index is 1090. The normalized spacial score (nSPS) is 16.9. The number of aromatic nitrogens is 3. The van der Waals surface area contributed by atoms with Gasteiger partial charge in [0.05, 0.1) is 30.0 Å². The van der Waals surface area contributed by atoms with Crippen molar-refractivity contribution < 1.29 is 13.9 Å². The minimum absolute atomic E-state index is 0.0745. The number of ether oxygens (including phenoxy) is 1. The second-order valence-electron chi connectivity index (χ2n) is 8.02. The molecule has 1 atom stereocenters. The van der Waals surface area contributed by atoms with E-state index in [-0.39, 0.29) is 23.8 Å². The number of halogens is 1. The summed E-state index contributed by atoms with van der Waals surface area (Å²) in [6.07, 6.45) is 2.87. The van der Waals surface area contributed by atoms with Gasteiger partial charge in [0.15, 0.2) is 0 Å². The third-order valence-electron chi connectivity index (χ3n) is 5.50. The van der Waals surface area contributed by atoms with Crippen LogP contribution < -0.4 is 5.73 Å². The number of morpholine rings is 1. The SMILES string of the molecule is CC(C)(C(=O)N1CCO[C@H](c2cccc(-c3cnc(N)nc3)n2)C1)c1cccc(F)c1. The molecule has 31 heavy (non-hydrogen) atoms. The summed E-state index contributed by atoms with van der Waals surface area (Å²) in [6, 6.07) is 11.8. The Morgan fingerprint density at radius 1 is 1.19 bits per heavy atom. The molecule has 1 fully saturated rings. The number of rotatable bonds is 4. The topological polar surface area (TPSA) is 94.2 Å². The van der Waals surface area contributed by atoms with E-state index < -0.39 is 5.41 Å². The highest BCUT2D eigenvalue weighted by molar-refractivity contribution is 5.87. The van der Waals surface area contributed by atoms with Gasteiger partial charge in [-0.3, -0.25) is 4.79 Å². The maximum absolute atomic E-state index is 13.7. The first kappa shape index (κ1) is 20.9. The van der Waals surface area contributed by atoms with Gasteiger partial charge in [0.25, 0.3) is 0 Å². The molecule has 1 amide bonds. The first-order chi connectivity index (χ1) is 14.8. The van der Waals surface area contributed by atoms with E-state index in [0.717, 1.165) is 11.3 Å². The predicted molar refractivity (Wildman–Crippen MR) is 114 cm³/mol. The quantitative estimate of drug-likeness (QED) is 0.696. The predicted octanol–water partition coefficient (Wildman–Crippen LogP) is 3.14. The number of nitrogens with two attached hydrogens (primary N) is 1. The Morgan fingerprint density at radius 3 is 2.68 bits per heavy atom. The Kier molecular flexibility index (Phi) is 5.65. The van der Waals surface area contributed by atoms with Crippen LogP contribution in [0.5, 0.6) is 0 Å². The summed E-state index contributed by atoms with van der Waals surface area (Å²) >= 11 is 0. The molecule has 1 saturated heterocycles. The minimum atomic E-state index is -0.861. The van der Waals surface area contributed by atoms with Gasteiger partial charge in [0.1, 0.15) is 11.9 Å². The second kappa shape index (κ2) is 8.39. The molecule has 0 aliphatic carbocycles. The number of benzene rings is 1. The summed E-state index contributed by atoms with van der Waals surface area (Å²) in [5, 5.41) is 0. The molecule has 2 N–H and O–H groups in total. The lowest BCUT2D eigenvalue weighted by atomic mass is 9.83. The van der Waals surface area contributed by atoms with E-state index in [2.05, 4.69) is 15.0 Å². The van der Waals surface area contributed by atoms with Crippen molar-refractivity contribution in [1.82, 2.24) is 19.9 Å². The zero-order valence-corrected chi connectivity index (χ0v) is 17.5. The van der Waals surface area contributed by atoms with E-state index in [1.165, 1.54) is 12.1 Å². The van der Waals surface area contributed by atoms with Crippen molar-refractivity contribution in [3.05, 3.63) is 71.9 Å². The van der Waals surface area contributed by atoms with Gasteiger partial charge in [-0.15, -0.1) is 0 Å². The molecule has 1 aliphatic rings. The largest absolute Gasteiger partial charge is 0.368 e. The van der Waals surface area contributed by atoms with Gasteiger partial charge in [0.2, 0.25) is 11.9 Å². The number of carbonyl (C=O) groups excluding carboxylic acids is 1. The van der Waals surface area contributed by atoms with Gasteiger partial charge in [-0.2, -0.15) is 0 Å². The molecular weight excluding hydrogens is 397 g/mol. The van der Waals surface area contributed by atoms with Gasteiger partial charge >= 0.3 is 0 Å². The van der Waals surface area contributed by atoms with E-state index >= 15 is 0 Å². The lowest BCUT2D eigenvalue weighted by Gasteiger charge is -2.37. The zero-order chi connectivity index (χ0) is 22.0. The number of amides is 1. The first-order valence-corrected chi connectivity index (χ1v) is 10.1. The third-order valence-corrected chi connectivity index (χ3v) is 5.50. The second-order valence-corrected chi connectivity index (χ2v) is 8.02. The smallest absolute Gasteiger partial charge is 0.232 e. The number of nitrogens with zero attached hydrogens (tertiary/aromatic N) is 4. The van der Waals surface area contributed by atoms with Gasteiger partial charge in [-0.25, -0.2) is 19.3 Å². The number of hydrogen-bond acceptors (Lipinski definition) is 6. The van der Waals surface area contributed by atoms with Gasteiger partial charge in [0, 0.05) is 24.5 Å². The monoisotopic (exact) mass is 421 g/mol. The Hall–Kier alpha value is -3.39. The molecule has 8 heteroatoms. The molecular formula is C23H24FN5O2. The summed E-state index contributed by atoms with van der Waals surface area (Å²) in [5.74, 6) is -0.231. The van der Waals surface area contributed by atoms with Crippen LogP contribution >= 0.6 is 0 Å². The van der Waals surface area contributed by atoms with Crippen molar-refractivity contribution in [3.63, 3.8) is 0 Å². The summed E-state index contributed by atoms with van der Waals surface area (Å²) in [5.41, 5.74) is 7.50. The van der Waals surface area contributed by atoms with Crippen molar-refractivity contribution >= 4 is 11.9 Å². The number of nitrogen functional groups attached to an aromatic ring is 1. The van der Waals surface area contributed by atoms with Crippen LogP contribution in [0.2, 0.25) is 0 Å². The average molecular weight is 421 g/mol. The van der Waals surface area contributed by atoms with E-state index in [0.29, 0.717) is 31.0 Å². The van der Waals surface area contributed by atoms with Crippen molar-refractivity contribution in [1.29, 1.82) is 0 Å². The molecule has 0 spiro atoms. The molecule has 1 aromatic carbocycles. The summed E-state index contributed by atoms with van der Waals surface area (Å²) < 4.78 is 19.6. The molecule has 160 valence electrons. The van der Waals surface area contributed by atoms with Crippen molar-refractivity contribution in [2.24, 2.45) is 0 Å². The maximum atomic E-state index is 13.7. The van der Waals surface area contributed by atoms with Crippen LogP contribution in [0.3, 0.4) is 0 Å². The highest BCUT2D eigenvalue weighted by Crippen LogP contribution is 2.30. The molecule has 2 aromatic heterocycles. The van der Waals surface area contributed by atoms with Crippen LogP contribution in [0.4, 0.5) is 10.3 Å². The van der Waals surface area contributed by atoms with Crippen LogP contribution in [-0.2, 0) is 14.9 Å². The molecule has 0 radical (unpaired) electrons. The van der Waals surface area contributed by atoms with Crippen LogP contribution in [0.1, 0.15) is 31.2 Å². The Labute approximate surface area is 180 Å². The van der Waals surface area contributed by atoms with E-state index in [4.69, 9.17) is 10.5 Å². The molecule has 0 bridgehead atoms. The zero-order valence-electron chi connectivity index (χ0n) is 17.5. The highest BCUT2D eigenvalue weighted by atomic mass is 19.1. The van der Waals surface area contributed by atoms with Crippen molar-refractivity contribution in [3.8, 4) is 11.3 Å². The van der Waals surface area contributed by atoms with E-state index in [1.54, 1.807) is 29.4 Å². The van der Waals surface area contributed by atoms with Crippen LogP contribution in [-0.4, -0.2) is 45.5 Å². The van der Waals surface area contributed by atoms with Crippen molar-refractivity contribution in [2.45, 2.75) is 25.4 Å². The average Bonchev–Trinajstić information content (AvgIpc) is 2.79. The van der Waals surface area contributed by atoms with E-state index in [1.807, 2.05) is 32.0 Å². The molecule has 0 saturated carbocycles. The fourth-order valence-electron chi connectivity index (χ4n) is 3.67. The van der Waals surface area contributed by atoms with E-state index in [9.17, 15) is 9.18 Å². The summed E-state index contributed by atoms with van der Waals surface area (Å²) in [4.78, 5) is 27.8. The fourth-order valence-corrected chi connectivity index (χ4v) is 3.67. The lowest BCUT2D eigenvalue weighted by molar-refractivity contribution is -0.144. The number of anilines is 1. The number of pyridine rings is 1. The molecule has 0 unspecified atom stereocenters. The number of carbonyl (C=O) groups is 1. The standard InChI is InChI=1S/C23H24FN5O2/c1-23(2,16-5-3-6-17(24)11-16)21(30)29-9-10-31-20(14-29)19-8-4-7-18(28-19)15-12-26-22(25)27-13-15/h3-8,11-13,20H,9-10,14H2,1-2H3,(H2,25,26,27)/t20-/m0/s1. The molecule has 3 heterocycles. The molecule has 7 nitrogen and oxygen atoms in total. The van der Waals surface area contributed by atoms with Gasteiger partial charge in [-0.05, 0) is 43.7 Å². The fraction of sp³-hybridized carbons (Fsp3) is 0.304. The van der Waals surface area contributed by atoms with Crippen LogP contribution in [0.25, 0.3) is 11.3 Å². The number of hydrogen-bond donors (Lipinski definition) is 1. The van der Waals surface area contributed by atoms with Crippen LogP contribution in [0.15, 0.2) is 54.9 Å². The molecule has 1 aliphatic heterocycles. The third kappa shape index (κ3) is 4.39. The van der Waals surface area contributed by atoms with Gasteiger partial charge < -0.3 is 15.4 Å². The summed E-state index contributed by atoms with van der Waals surface area (Å²) in [7, 11) is 0. The van der Waals surface area contributed by atoms with Crippen molar-refractivity contribution in [2.75, 3.05) is 25.4 Å².